The minimum absolute atomic E-state index is 0.0504. The molecule has 0 aliphatic heterocycles. The molecule has 4 N–H and O–H groups in total. The summed E-state index contributed by atoms with van der Waals surface area (Å²) < 4.78 is 0. The van der Waals surface area contributed by atoms with Crippen molar-refractivity contribution < 1.29 is 20.4 Å². The number of hydrogen-bond donors (Lipinski definition) is 4. The highest BCUT2D eigenvalue weighted by Crippen LogP contribution is 2.68. The van der Waals surface area contributed by atoms with Gasteiger partial charge in [0.1, 0.15) is 0 Å². The third-order valence-electron chi connectivity index (χ3n) is 11.7. The summed E-state index contributed by atoms with van der Waals surface area (Å²) >= 11 is 0. The van der Waals surface area contributed by atoms with Crippen molar-refractivity contribution in [3.05, 3.63) is 11.6 Å². The first-order valence-corrected chi connectivity index (χ1v) is 13.7. The lowest BCUT2D eigenvalue weighted by molar-refractivity contribution is -0.263. The van der Waals surface area contributed by atoms with Crippen molar-refractivity contribution in [3.63, 3.8) is 0 Å². The zero-order valence-corrected chi connectivity index (χ0v) is 22.1. The van der Waals surface area contributed by atoms with E-state index >= 15 is 0 Å². The fourth-order valence-corrected chi connectivity index (χ4v) is 9.24. The monoisotopic (exact) mass is 462 g/mol. The van der Waals surface area contributed by atoms with E-state index in [0.717, 1.165) is 32.1 Å². The first kappa shape index (κ1) is 25.7. The van der Waals surface area contributed by atoms with Crippen LogP contribution in [0.1, 0.15) is 99.8 Å². The Bertz CT molecular complexity index is 774. The Labute approximate surface area is 201 Å². The number of hydrogen-bond acceptors (Lipinski definition) is 4. The molecule has 33 heavy (non-hydrogen) atoms. The number of rotatable bonds is 5. The Hall–Kier alpha value is -0.420. The predicted molar refractivity (Wildman–Crippen MR) is 132 cm³/mol. The molecule has 0 radical (unpaired) electrons. The van der Waals surface area contributed by atoms with Gasteiger partial charge in [-0.3, -0.25) is 0 Å². The highest BCUT2D eigenvalue weighted by Gasteiger charge is 2.67. The van der Waals surface area contributed by atoms with Gasteiger partial charge in [0.2, 0.25) is 0 Å². The molecule has 4 aliphatic rings. The SMILES string of the molecule is CC(C)C(C)C(C)C[C@](C)(O)C1=CC[C@H]2[C@@H]3C[C@@H](O)[C@@]4(O)C[C@@H](O)CC[C@]4(C)[C@H]3CC[C@]12C. The summed E-state index contributed by atoms with van der Waals surface area (Å²) in [6, 6.07) is 0. The van der Waals surface area contributed by atoms with Crippen LogP contribution in [0.2, 0.25) is 0 Å². The normalized spacial score (nSPS) is 48.8. The maximum atomic E-state index is 11.8. The number of fused-ring (bicyclic) bond motifs is 5. The van der Waals surface area contributed by atoms with Gasteiger partial charge < -0.3 is 20.4 Å². The predicted octanol–water partition coefficient (Wildman–Crippen LogP) is 5.08. The van der Waals surface area contributed by atoms with Crippen LogP contribution in [-0.2, 0) is 0 Å². The topological polar surface area (TPSA) is 80.9 Å². The van der Waals surface area contributed by atoms with Crippen molar-refractivity contribution in [1.29, 1.82) is 0 Å². The van der Waals surface area contributed by atoms with Crippen LogP contribution in [-0.4, -0.2) is 43.8 Å². The molecule has 0 saturated heterocycles. The molecule has 0 heterocycles. The molecule has 4 rings (SSSR count). The van der Waals surface area contributed by atoms with Gasteiger partial charge in [0.05, 0.1) is 23.4 Å². The van der Waals surface area contributed by atoms with Crippen molar-refractivity contribution in [2.24, 2.45) is 46.3 Å². The summed E-state index contributed by atoms with van der Waals surface area (Å²) in [7, 11) is 0. The standard InChI is InChI=1S/C29H50O4/c1-17(2)19(4)18(3)15-28(7,32)24-9-8-22-21-14-25(31)29(33)16-20(30)10-13-27(29,6)23(21)11-12-26(22,24)5/h9,17-23,25,30-33H,8,10-16H2,1-7H3/t18?,19?,20-,21-,22-,23-,25+,26-,27+,28-,29-/m0/s1. The van der Waals surface area contributed by atoms with E-state index in [1.165, 1.54) is 5.57 Å². The van der Waals surface area contributed by atoms with Crippen LogP contribution in [0.15, 0.2) is 11.6 Å². The summed E-state index contributed by atoms with van der Waals surface area (Å²) in [4.78, 5) is 0. The molecule has 2 unspecified atom stereocenters. The number of aliphatic hydroxyl groups excluding tert-OH is 2. The lowest BCUT2D eigenvalue weighted by Gasteiger charge is -2.65. The Balaban J connectivity index is 1.58. The molecule has 0 aromatic heterocycles. The van der Waals surface area contributed by atoms with E-state index in [1.54, 1.807) is 0 Å². The Morgan fingerprint density at radius 3 is 2.36 bits per heavy atom. The van der Waals surface area contributed by atoms with Gasteiger partial charge in [0, 0.05) is 11.8 Å². The molecule has 3 saturated carbocycles. The van der Waals surface area contributed by atoms with Crippen LogP contribution >= 0.6 is 0 Å². The Morgan fingerprint density at radius 2 is 1.73 bits per heavy atom. The van der Waals surface area contributed by atoms with Crippen LogP contribution in [0.5, 0.6) is 0 Å². The third-order valence-corrected chi connectivity index (χ3v) is 11.7. The fraction of sp³-hybridized carbons (Fsp3) is 0.931. The van der Waals surface area contributed by atoms with Crippen LogP contribution in [0.4, 0.5) is 0 Å². The lowest BCUT2D eigenvalue weighted by Crippen LogP contribution is -2.68. The van der Waals surface area contributed by atoms with Gasteiger partial charge in [-0.2, -0.15) is 0 Å². The van der Waals surface area contributed by atoms with Gasteiger partial charge in [-0.15, -0.1) is 0 Å². The molecule has 11 atom stereocenters. The van der Waals surface area contributed by atoms with Crippen LogP contribution in [0.25, 0.3) is 0 Å². The zero-order chi connectivity index (χ0) is 24.6. The smallest absolute Gasteiger partial charge is 0.0985 e. The average Bonchev–Trinajstić information content (AvgIpc) is 3.08. The van der Waals surface area contributed by atoms with Crippen molar-refractivity contribution in [2.75, 3.05) is 0 Å². The van der Waals surface area contributed by atoms with Gasteiger partial charge in [-0.1, -0.05) is 47.6 Å². The Morgan fingerprint density at radius 1 is 1.06 bits per heavy atom. The van der Waals surface area contributed by atoms with Crippen molar-refractivity contribution in [1.82, 2.24) is 0 Å². The van der Waals surface area contributed by atoms with Gasteiger partial charge in [0.25, 0.3) is 0 Å². The van der Waals surface area contributed by atoms with Crippen LogP contribution < -0.4 is 0 Å². The highest BCUT2D eigenvalue weighted by molar-refractivity contribution is 5.33. The maximum Gasteiger partial charge on any atom is 0.0985 e. The largest absolute Gasteiger partial charge is 0.393 e. The number of aliphatic hydroxyl groups is 4. The minimum atomic E-state index is -1.19. The molecule has 0 aromatic carbocycles. The van der Waals surface area contributed by atoms with E-state index in [4.69, 9.17) is 0 Å². The average molecular weight is 463 g/mol. The molecule has 3 fully saturated rings. The van der Waals surface area contributed by atoms with E-state index in [1.807, 2.05) is 6.92 Å². The Kier molecular flexibility index (Phi) is 6.47. The molecular weight excluding hydrogens is 412 g/mol. The molecule has 4 nitrogen and oxygen atoms in total. The van der Waals surface area contributed by atoms with E-state index in [9.17, 15) is 20.4 Å². The van der Waals surface area contributed by atoms with Gasteiger partial charge >= 0.3 is 0 Å². The second-order valence-corrected chi connectivity index (χ2v) is 13.7. The molecule has 0 amide bonds. The number of allylic oxidation sites excluding steroid dienone is 1. The fourth-order valence-electron chi connectivity index (χ4n) is 9.24. The first-order chi connectivity index (χ1) is 15.2. The summed E-state index contributed by atoms with van der Waals surface area (Å²) in [5, 5.41) is 45.0. The second kappa shape index (κ2) is 8.32. The molecule has 0 bridgehead atoms. The first-order valence-electron chi connectivity index (χ1n) is 13.7. The van der Waals surface area contributed by atoms with E-state index < -0.39 is 23.4 Å². The summed E-state index contributed by atoms with van der Waals surface area (Å²) in [6.07, 6.45) is 7.19. The highest BCUT2D eigenvalue weighted by atomic mass is 16.3. The minimum Gasteiger partial charge on any atom is -0.393 e. The van der Waals surface area contributed by atoms with Crippen molar-refractivity contribution in [3.8, 4) is 0 Å². The van der Waals surface area contributed by atoms with Gasteiger partial charge in [0.15, 0.2) is 0 Å². The van der Waals surface area contributed by atoms with Crippen molar-refractivity contribution in [2.45, 2.75) is 123 Å². The molecule has 0 spiro atoms. The lowest BCUT2D eigenvalue weighted by atomic mass is 9.42. The van der Waals surface area contributed by atoms with E-state index in [2.05, 4.69) is 47.6 Å². The molecule has 190 valence electrons. The summed E-state index contributed by atoms with van der Waals surface area (Å²) in [5.74, 6) is 2.71. The quantitative estimate of drug-likeness (QED) is 0.430. The third kappa shape index (κ3) is 3.77. The summed E-state index contributed by atoms with van der Waals surface area (Å²) in [5.41, 5.74) is -1.19. The molecule has 0 aromatic rings. The summed E-state index contributed by atoms with van der Waals surface area (Å²) in [6.45, 7) is 15.7. The van der Waals surface area contributed by atoms with Crippen LogP contribution in [0, 0.1) is 46.3 Å². The van der Waals surface area contributed by atoms with E-state index in [-0.39, 0.29) is 10.8 Å². The van der Waals surface area contributed by atoms with Gasteiger partial charge in [-0.05, 0) is 98.4 Å². The van der Waals surface area contributed by atoms with E-state index in [0.29, 0.717) is 54.8 Å². The zero-order valence-electron chi connectivity index (χ0n) is 22.1. The molecular formula is C29H50O4. The second-order valence-electron chi connectivity index (χ2n) is 13.7. The molecule has 4 heteroatoms. The van der Waals surface area contributed by atoms with Crippen molar-refractivity contribution >= 4 is 0 Å². The molecule has 4 aliphatic carbocycles. The maximum absolute atomic E-state index is 11.8. The van der Waals surface area contributed by atoms with Gasteiger partial charge in [-0.25, -0.2) is 0 Å². The van der Waals surface area contributed by atoms with Crippen LogP contribution in [0.3, 0.4) is 0 Å².